The van der Waals surface area contributed by atoms with Crippen molar-refractivity contribution < 1.29 is 8.42 Å². The lowest BCUT2D eigenvalue weighted by atomic mass is 10.1. The van der Waals surface area contributed by atoms with E-state index in [1.807, 2.05) is 19.1 Å². The van der Waals surface area contributed by atoms with E-state index in [1.54, 1.807) is 10.4 Å². The molecule has 1 aromatic heterocycles. The van der Waals surface area contributed by atoms with Crippen LogP contribution in [0.4, 0.5) is 0 Å². The minimum Gasteiger partial charge on any atom is -0.312 e. The summed E-state index contributed by atoms with van der Waals surface area (Å²) in [5.74, 6) is 0. The highest BCUT2D eigenvalue weighted by Gasteiger charge is 2.26. The van der Waals surface area contributed by atoms with E-state index in [0.717, 1.165) is 30.8 Å². The van der Waals surface area contributed by atoms with Gasteiger partial charge in [0.05, 0.1) is 0 Å². The number of thiophene rings is 1. The fourth-order valence-corrected chi connectivity index (χ4v) is 4.94. The number of hydrogen-bond acceptors (Lipinski definition) is 4. The largest absolute Gasteiger partial charge is 0.312 e. The Labute approximate surface area is 125 Å². The quantitative estimate of drug-likeness (QED) is 0.648. The molecule has 0 aliphatic carbocycles. The van der Waals surface area contributed by atoms with Gasteiger partial charge in [0.25, 0.3) is 10.0 Å². The van der Waals surface area contributed by atoms with E-state index in [4.69, 9.17) is 0 Å². The van der Waals surface area contributed by atoms with Gasteiger partial charge in [0, 0.05) is 24.5 Å². The zero-order valence-electron chi connectivity index (χ0n) is 12.1. The van der Waals surface area contributed by atoms with Gasteiger partial charge in [-0.2, -0.15) is 4.31 Å². The maximum Gasteiger partial charge on any atom is 0.252 e. The lowest BCUT2D eigenvalue weighted by molar-refractivity contribution is 0.433. The first-order chi connectivity index (χ1) is 9.54. The number of rotatable bonds is 6. The molecule has 2 rings (SSSR count). The molecule has 0 bridgehead atoms. The molecule has 4 nitrogen and oxygen atoms in total. The summed E-state index contributed by atoms with van der Waals surface area (Å²) < 4.78 is 27.1. The summed E-state index contributed by atoms with van der Waals surface area (Å²) in [6, 6.07) is 3.64. The van der Waals surface area contributed by atoms with Gasteiger partial charge < -0.3 is 5.32 Å². The van der Waals surface area contributed by atoms with E-state index in [2.05, 4.69) is 12.2 Å². The third-order valence-corrected chi connectivity index (χ3v) is 6.77. The molecule has 1 aromatic rings. The average Bonchev–Trinajstić information content (AvgIpc) is 2.89. The Morgan fingerprint density at radius 1 is 1.40 bits per heavy atom. The van der Waals surface area contributed by atoms with Gasteiger partial charge in [-0.3, -0.25) is 0 Å². The topological polar surface area (TPSA) is 49.4 Å². The number of hydrogen-bond donors (Lipinski definition) is 1. The second-order valence-corrected chi connectivity index (χ2v) is 8.39. The van der Waals surface area contributed by atoms with E-state index in [1.165, 1.54) is 16.9 Å². The van der Waals surface area contributed by atoms with Crippen molar-refractivity contribution in [2.75, 3.05) is 19.6 Å². The van der Waals surface area contributed by atoms with Crippen molar-refractivity contribution in [1.29, 1.82) is 0 Å². The van der Waals surface area contributed by atoms with Crippen LogP contribution in [0.5, 0.6) is 0 Å². The molecular formula is C14H22N2O2S2. The zero-order chi connectivity index (χ0) is 14.6. The summed E-state index contributed by atoms with van der Waals surface area (Å²) >= 11 is 1.37. The molecule has 0 amide bonds. The van der Waals surface area contributed by atoms with Crippen molar-refractivity contribution in [3.63, 3.8) is 0 Å². The minimum absolute atomic E-state index is 0.457. The molecule has 0 aromatic carbocycles. The molecule has 0 saturated carbocycles. The molecule has 2 heterocycles. The van der Waals surface area contributed by atoms with E-state index in [-0.39, 0.29) is 0 Å². The van der Waals surface area contributed by atoms with E-state index < -0.39 is 10.0 Å². The van der Waals surface area contributed by atoms with Crippen LogP contribution in [-0.2, 0) is 16.6 Å². The maximum atomic E-state index is 12.5. The second-order valence-electron chi connectivity index (χ2n) is 5.06. The molecule has 0 radical (unpaired) electrons. The Morgan fingerprint density at radius 2 is 2.20 bits per heavy atom. The average molecular weight is 314 g/mol. The van der Waals surface area contributed by atoms with E-state index in [9.17, 15) is 8.42 Å². The Hall–Kier alpha value is -0.690. The molecule has 0 fully saturated rings. The van der Waals surface area contributed by atoms with Gasteiger partial charge in [0.2, 0.25) is 0 Å². The van der Waals surface area contributed by atoms with Crippen molar-refractivity contribution in [1.82, 2.24) is 9.62 Å². The van der Waals surface area contributed by atoms with E-state index in [0.29, 0.717) is 17.3 Å². The fourth-order valence-electron chi connectivity index (χ4n) is 2.08. The summed E-state index contributed by atoms with van der Waals surface area (Å²) in [5, 5.41) is 3.29. The van der Waals surface area contributed by atoms with Crippen LogP contribution in [0.1, 0.15) is 31.6 Å². The van der Waals surface area contributed by atoms with Crippen molar-refractivity contribution >= 4 is 21.4 Å². The van der Waals surface area contributed by atoms with Crippen LogP contribution in [-0.4, -0.2) is 32.4 Å². The van der Waals surface area contributed by atoms with Crippen LogP contribution in [0.15, 0.2) is 28.0 Å². The third kappa shape index (κ3) is 3.69. The molecule has 0 saturated heterocycles. The van der Waals surface area contributed by atoms with Gasteiger partial charge in [0.1, 0.15) is 4.21 Å². The molecule has 0 atom stereocenters. The second kappa shape index (κ2) is 6.85. The van der Waals surface area contributed by atoms with Gasteiger partial charge in [-0.25, -0.2) is 8.42 Å². The minimum atomic E-state index is -3.32. The van der Waals surface area contributed by atoms with Crippen LogP contribution in [0.3, 0.4) is 0 Å². The molecular weight excluding hydrogens is 292 g/mol. The standard InChI is InChI=1S/C14H22N2O2S2/c1-3-8-15-11-13-4-5-14(19-13)20(17,18)16-9-6-12(2)7-10-16/h4-6,15H,3,7-11H2,1-2H3. The third-order valence-electron chi connectivity index (χ3n) is 3.36. The first-order valence-electron chi connectivity index (χ1n) is 6.99. The van der Waals surface area contributed by atoms with Crippen LogP contribution in [0, 0.1) is 0 Å². The van der Waals surface area contributed by atoms with Crippen LogP contribution < -0.4 is 5.32 Å². The van der Waals surface area contributed by atoms with Crippen molar-refractivity contribution in [3.8, 4) is 0 Å². The van der Waals surface area contributed by atoms with Crippen molar-refractivity contribution in [2.24, 2.45) is 0 Å². The Balaban J connectivity index is 2.06. The lowest BCUT2D eigenvalue weighted by Crippen LogP contribution is -2.34. The maximum absolute atomic E-state index is 12.5. The van der Waals surface area contributed by atoms with Gasteiger partial charge in [-0.1, -0.05) is 18.6 Å². The molecule has 6 heteroatoms. The van der Waals surface area contributed by atoms with Gasteiger partial charge in [-0.05, 0) is 38.4 Å². The molecule has 1 aliphatic heterocycles. The smallest absolute Gasteiger partial charge is 0.252 e. The summed E-state index contributed by atoms with van der Waals surface area (Å²) in [6.45, 7) is 6.94. The number of nitrogens with zero attached hydrogens (tertiary/aromatic N) is 1. The highest BCUT2D eigenvalue weighted by atomic mass is 32.2. The predicted octanol–water partition coefficient (Wildman–Crippen LogP) is 2.59. The Bertz CT molecular complexity index is 576. The van der Waals surface area contributed by atoms with E-state index >= 15 is 0 Å². The van der Waals surface area contributed by atoms with Crippen molar-refractivity contribution in [2.45, 2.75) is 37.4 Å². The van der Waals surface area contributed by atoms with Gasteiger partial charge in [-0.15, -0.1) is 11.3 Å². The number of sulfonamides is 1. The predicted molar refractivity (Wildman–Crippen MR) is 83.4 cm³/mol. The highest BCUT2D eigenvalue weighted by molar-refractivity contribution is 7.91. The fraction of sp³-hybridized carbons (Fsp3) is 0.571. The summed E-state index contributed by atoms with van der Waals surface area (Å²) in [4.78, 5) is 1.07. The summed E-state index contributed by atoms with van der Waals surface area (Å²) in [6.07, 6.45) is 3.91. The normalized spacial score (nSPS) is 17.2. The molecule has 1 N–H and O–H groups in total. The van der Waals surface area contributed by atoms with Crippen LogP contribution >= 0.6 is 11.3 Å². The van der Waals surface area contributed by atoms with Crippen LogP contribution in [0.25, 0.3) is 0 Å². The molecule has 0 spiro atoms. The SMILES string of the molecule is CCCNCc1ccc(S(=O)(=O)N2CC=C(C)CC2)s1. The summed E-state index contributed by atoms with van der Waals surface area (Å²) in [5.41, 5.74) is 1.27. The zero-order valence-corrected chi connectivity index (χ0v) is 13.7. The van der Waals surface area contributed by atoms with Crippen molar-refractivity contribution in [3.05, 3.63) is 28.7 Å². The van der Waals surface area contributed by atoms with Gasteiger partial charge in [0.15, 0.2) is 0 Å². The monoisotopic (exact) mass is 314 g/mol. The molecule has 20 heavy (non-hydrogen) atoms. The van der Waals surface area contributed by atoms with Gasteiger partial charge >= 0.3 is 0 Å². The Kier molecular flexibility index (Phi) is 5.37. The molecule has 0 unspecified atom stereocenters. The van der Waals surface area contributed by atoms with Crippen LogP contribution in [0.2, 0.25) is 0 Å². The summed E-state index contributed by atoms with van der Waals surface area (Å²) in [7, 11) is -3.32. The molecule has 112 valence electrons. The number of nitrogens with one attached hydrogen (secondary N) is 1. The highest BCUT2D eigenvalue weighted by Crippen LogP contribution is 2.26. The molecule has 1 aliphatic rings. The lowest BCUT2D eigenvalue weighted by Gasteiger charge is -2.23. The first kappa shape index (κ1) is 15.7. The first-order valence-corrected chi connectivity index (χ1v) is 9.25. The Morgan fingerprint density at radius 3 is 2.85 bits per heavy atom.